The van der Waals surface area contributed by atoms with Crippen molar-refractivity contribution in [2.24, 2.45) is 11.8 Å². The Morgan fingerprint density at radius 1 is 1.55 bits per heavy atom. The highest BCUT2D eigenvalue weighted by atomic mass is 16.1. The molecule has 0 aromatic carbocycles. The van der Waals surface area contributed by atoms with Crippen LogP contribution in [0.3, 0.4) is 0 Å². The number of rotatable bonds is 2. The first-order valence-electron chi connectivity index (χ1n) is 4.46. The van der Waals surface area contributed by atoms with E-state index in [0.29, 0.717) is 11.7 Å². The molecule has 1 heterocycles. The zero-order valence-corrected chi connectivity index (χ0v) is 7.39. The third-order valence-electron chi connectivity index (χ3n) is 2.27. The van der Waals surface area contributed by atoms with Gasteiger partial charge >= 0.3 is 0 Å². The summed E-state index contributed by atoms with van der Waals surface area (Å²) in [5.41, 5.74) is 0. The summed E-state index contributed by atoms with van der Waals surface area (Å²) in [5, 5.41) is 3.25. The smallest absolute Gasteiger partial charge is 0.139 e. The maximum absolute atomic E-state index is 11.5. The van der Waals surface area contributed by atoms with E-state index in [1.807, 2.05) is 13.8 Å². The molecule has 2 heteroatoms. The van der Waals surface area contributed by atoms with E-state index in [1.165, 1.54) is 0 Å². The number of hydrogen-bond donors (Lipinski definition) is 1. The Hall–Kier alpha value is -0.370. The SMILES string of the molecule is CC(C)C(=O)[C@H]1CCCNC1. The summed E-state index contributed by atoms with van der Waals surface area (Å²) in [6, 6.07) is 0. The number of piperidine rings is 1. The highest BCUT2D eigenvalue weighted by molar-refractivity contribution is 5.83. The van der Waals surface area contributed by atoms with E-state index in [2.05, 4.69) is 5.32 Å². The van der Waals surface area contributed by atoms with Gasteiger partial charge in [0, 0.05) is 18.4 Å². The van der Waals surface area contributed by atoms with Crippen molar-refractivity contribution in [2.75, 3.05) is 13.1 Å². The van der Waals surface area contributed by atoms with Gasteiger partial charge in [-0.3, -0.25) is 4.79 Å². The van der Waals surface area contributed by atoms with Crippen LogP contribution in [0.1, 0.15) is 26.7 Å². The van der Waals surface area contributed by atoms with Gasteiger partial charge in [0.15, 0.2) is 0 Å². The van der Waals surface area contributed by atoms with Gasteiger partial charge in [-0.15, -0.1) is 0 Å². The second kappa shape index (κ2) is 3.86. The maximum Gasteiger partial charge on any atom is 0.139 e. The van der Waals surface area contributed by atoms with Crippen molar-refractivity contribution in [3.8, 4) is 0 Å². The number of Topliss-reactive ketones (excluding diaryl/α,β-unsaturated/α-hetero) is 1. The third-order valence-corrected chi connectivity index (χ3v) is 2.27. The molecule has 11 heavy (non-hydrogen) atoms. The fraction of sp³-hybridized carbons (Fsp3) is 0.889. The van der Waals surface area contributed by atoms with Gasteiger partial charge in [-0.2, -0.15) is 0 Å². The number of hydrogen-bond acceptors (Lipinski definition) is 2. The molecule has 1 atom stereocenters. The molecule has 1 aliphatic rings. The lowest BCUT2D eigenvalue weighted by molar-refractivity contribution is -0.126. The summed E-state index contributed by atoms with van der Waals surface area (Å²) in [6.07, 6.45) is 2.24. The van der Waals surface area contributed by atoms with Crippen LogP contribution in [0.5, 0.6) is 0 Å². The first-order valence-corrected chi connectivity index (χ1v) is 4.46. The van der Waals surface area contributed by atoms with Crippen molar-refractivity contribution < 1.29 is 4.79 Å². The van der Waals surface area contributed by atoms with Gasteiger partial charge in [0.05, 0.1) is 0 Å². The van der Waals surface area contributed by atoms with Crippen LogP contribution in [0.15, 0.2) is 0 Å². The summed E-state index contributed by atoms with van der Waals surface area (Å²) in [4.78, 5) is 11.5. The summed E-state index contributed by atoms with van der Waals surface area (Å²) >= 11 is 0. The van der Waals surface area contributed by atoms with E-state index < -0.39 is 0 Å². The highest BCUT2D eigenvalue weighted by Crippen LogP contribution is 2.14. The minimum absolute atomic E-state index is 0.208. The molecule has 0 spiro atoms. The normalized spacial score (nSPS) is 25.5. The molecule has 0 saturated carbocycles. The van der Waals surface area contributed by atoms with E-state index in [1.54, 1.807) is 0 Å². The van der Waals surface area contributed by atoms with Gasteiger partial charge in [-0.1, -0.05) is 13.8 Å². The average molecular weight is 155 g/mol. The molecule has 0 bridgehead atoms. The molecular formula is C9H17NO. The van der Waals surface area contributed by atoms with Gasteiger partial charge in [-0.05, 0) is 19.4 Å². The van der Waals surface area contributed by atoms with Gasteiger partial charge in [0.1, 0.15) is 5.78 Å². The van der Waals surface area contributed by atoms with E-state index in [9.17, 15) is 4.79 Å². The Morgan fingerprint density at radius 3 is 2.73 bits per heavy atom. The summed E-state index contributed by atoms with van der Waals surface area (Å²) in [6.45, 7) is 5.95. The number of carbonyl (C=O) groups is 1. The lowest BCUT2D eigenvalue weighted by Crippen LogP contribution is -2.36. The first-order chi connectivity index (χ1) is 5.22. The molecular weight excluding hydrogens is 138 g/mol. The quantitative estimate of drug-likeness (QED) is 0.649. The third kappa shape index (κ3) is 2.29. The summed E-state index contributed by atoms with van der Waals surface area (Å²) in [5.74, 6) is 0.931. The summed E-state index contributed by atoms with van der Waals surface area (Å²) < 4.78 is 0. The van der Waals surface area contributed by atoms with Crippen molar-refractivity contribution >= 4 is 5.78 Å². The van der Waals surface area contributed by atoms with Crippen molar-refractivity contribution in [3.05, 3.63) is 0 Å². The van der Waals surface area contributed by atoms with Gasteiger partial charge in [0.25, 0.3) is 0 Å². The van der Waals surface area contributed by atoms with Crippen molar-refractivity contribution in [2.45, 2.75) is 26.7 Å². The Balaban J connectivity index is 2.39. The minimum Gasteiger partial charge on any atom is -0.316 e. The Bertz CT molecular complexity index is 136. The van der Waals surface area contributed by atoms with Crippen LogP contribution in [0, 0.1) is 11.8 Å². The van der Waals surface area contributed by atoms with Crippen LogP contribution < -0.4 is 5.32 Å². The zero-order valence-electron chi connectivity index (χ0n) is 7.39. The zero-order chi connectivity index (χ0) is 8.27. The molecule has 0 aliphatic carbocycles. The average Bonchev–Trinajstić information content (AvgIpc) is 2.05. The summed E-state index contributed by atoms with van der Waals surface area (Å²) in [7, 11) is 0. The molecule has 1 saturated heterocycles. The Kier molecular flexibility index (Phi) is 3.06. The topological polar surface area (TPSA) is 29.1 Å². The van der Waals surface area contributed by atoms with Gasteiger partial charge < -0.3 is 5.32 Å². The molecule has 0 aromatic rings. The molecule has 1 fully saturated rings. The standard InChI is InChI=1S/C9H17NO/c1-7(2)9(11)8-4-3-5-10-6-8/h7-8,10H,3-6H2,1-2H3/t8-/m0/s1. The number of ketones is 1. The lowest BCUT2D eigenvalue weighted by Gasteiger charge is -2.22. The molecule has 0 aromatic heterocycles. The van der Waals surface area contributed by atoms with Crippen molar-refractivity contribution in [1.82, 2.24) is 5.32 Å². The van der Waals surface area contributed by atoms with Gasteiger partial charge in [-0.25, -0.2) is 0 Å². The van der Waals surface area contributed by atoms with Crippen LogP contribution >= 0.6 is 0 Å². The largest absolute Gasteiger partial charge is 0.316 e. The Labute approximate surface area is 68.4 Å². The fourth-order valence-electron chi connectivity index (χ4n) is 1.57. The van der Waals surface area contributed by atoms with Crippen molar-refractivity contribution in [1.29, 1.82) is 0 Å². The van der Waals surface area contributed by atoms with Crippen LogP contribution in [-0.2, 0) is 4.79 Å². The number of carbonyl (C=O) groups excluding carboxylic acids is 1. The Morgan fingerprint density at radius 2 is 2.27 bits per heavy atom. The maximum atomic E-state index is 11.5. The molecule has 1 rings (SSSR count). The monoisotopic (exact) mass is 155 g/mol. The van der Waals surface area contributed by atoms with Crippen LogP contribution in [0.2, 0.25) is 0 Å². The molecule has 2 nitrogen and oxygen atoms in total. The van der Waals surface area contributed by atoms with E-state index in [4.69, 9.17) is 0 Å². The predicted molar refractivity (Wildman–Crippen MR) is 45.4 cm³/mol. The molecule has 0 amide bonds. The second-order valence-corrected chi connectivity index (χ2v) is 3.60. The molecule has 0 radical (unpaired) electrons. The first kappa shape index (κ1) is 8.72. The second-order valence-electron chi connectivity index (χ2n) is 3.60. The van der Waals surface area contributed by atoms with Gasteiger partial charge in [0.2, 0.25) is 0 Å². The molecule has 1 N–H and O–H groups in total. The van der Waals surface area contributed by atoms with E-state index in [-0.39, 0.29) is 5.92 Å². The van der Waals surface area contributed by atoms with Crippen molar-refractivity contribution in [3.63, 3.8) is 0 Å². The lowest BCUT2D eigenvalue weighted by atomic mass is 9.89. The molecule has 64 valence electrons. The minimum atomic E-state index is 0.208. The van der Waals surface area contributed by atoms with Crippen LogP contribution in [0.25, 0.3) is 0 Å². The fourth-order valence-corrected chi connectivity index (χ4v) is 1.57. The van der Waals surface area contributed by atoms with E-state index in [0.717, 1.165) is 25.9 Å². The molecule has 0 unspecified atom stereocenters. The number of nitrogens with one attached hydrogen (secondary N) is 1. The van der Waals surface area contributed by atoms with Crippen LogP contribution in [0.4, 0.5) is 0 Å². The predicted octanol–water partition coefficient (Wildman–Crippen LogP) is 1.21. The highest BCUT2D eigenvalue weighted by Gasteiger charge is 2.22. The van der Waals surface area contributed by atoms with Crippen LogP contribution in [-0.4, -0.2) is 18.9 Å². The van der Waals surface area contributed by atoms with E-state index >= 15 is 0 Å². The molecule has 1 aliphatic heterocycles.